The summed E-state index contributed by atoms with van der Waals surface area (Å²) in [6, 6.07) is 5.93. The van der Waals surface area contributed by atoms with Crippen molar-refractivity contribution >= 4 is 25.3 Å². The molecule has 0 aromatic carbocycles. The van der Waals surface area contributed by atoms with Crippen LogP contribution in [0.3, 0.4) is 0 Å². The van der Waals surface area contributed by atoms with Crippen LogP contribution in [0.15, 0.2) is 24.4 Å². The smallest absolute Gasteiger partial charge is 0.0478 e. The Balaban J connectivity index is 2.95. The molecule has 0 bridgehead atoms. The lowest BCUT2D eigenvalue weighted by molar-refractivity contribution is 0.595. The van der Waals surface area contributed by atoms with Crippen LogP contribution in [0.5, 0.6) is 0 Å². The SMILES string of the molecule is CC(CS)(CS)c1ccccn1. The van der Waals surface area contributed by atoms with Crippen LogP contribution < -0.4 is 0 Å². The minimum atomic E-state index is -0.00647. The van der Waals surface area contributed by atoms with Crippen LogP contribution in [0.4, 0.5) is 0 Å². The summed E-state index contributed by atoms with van der Waals surface area (Å²) in [7, 11) is 0. The van der Waals surface area contributed by atoms with Gasteiger partial charge in [0.25, 0.3) is 0 Å². The molecular formula is C9H13NS2. The average molecular weight is 199 g/mol. The van der Waals surface area contributed by atoms with Gasteiger partial charge in [-0.2, -0.15) is 25.3 Å². The minimum absolute atomic E-state index is 0.00647. The van der Waals surface area contributed by atoms with Gasteiger partial charge < -0.3 is 0 Å². The molecule has 0 aliphatic heterocycles. The third-order valence-corrected chi connectivity index (χ3v) is 3.38. The number of thiol groups is 2. The van der Waals surface area contributed by atoms with Crippen molar-refractivity contribution in [2.75, 3.05) is 11.5 Å². The molecule has 0 spiro atoms. The highest BCUT2D eigenvalue weighted by Crippen LogP contribution is 2.24. The Morgan fingerprint density at radius 1 is 1.33 bits per heavy atom. The lowest BCUT2D eigenvalue weighted by Gasteiger charge is -2.24. The van der Waals surface area contributed by atoms with Crippen LogP contribution in [0.1, 0.15) is 12.6 Å². The second-order valence-corrected chi connectivity index (χ2v) is 3.72. The van der Waals surface area contributed by atoms with Crippen molar-refractivity contribution in [1.29, 1.82) is 0 Å². The van der Waals surface area contributed by atoms with Crippen molar-refractivity contribution < 1.29 is 0 Å². The van der Waals surface area contributed by atoms with E-state index < -0.39 is 0 Å². The van der Waals surface area contributed by atoms with Crippen LogP contribution in [-0.2, 0) is 5.41 Å². The van der Waals surface area contributed by atoms with Crippen molar-refractivity contribution in [3.8, 4) is 0 Å². The van der Waals surface area contributed by atoms with E-state index in [0.717, 1.165) is 17.2 Å². The predicted octanol–water partition coefficient (Wildman–Crippen LogP) is 2.20. The lowest BCUT2D eigenvalue weighted by atomic mass is 9.91. The normalized spacial score (nSPS) is 11.6. The quantitative estimate of drug-likeness (QED) is 0.712. The first-order chi connectivity index (χ1) is 5.73. The van der Waals surface area contributed by atoms with E-state index >= 15 is 0 Å². The van der Waals surface area contributed by atoms with E-state index in [1.165, 1.54) is 0 Å². The fourth-order valence-electron chi connectivity index (χ4n) is 0.932. The van der Waals surface area contributed by atoms with Crippen LogP contribution >= 0.6 is 25.3 Å². The van der Waals surface area contributed by atoms with Gasteiger partial charge in [-0.05, 0) is 12.1 Å². The van der Waals surface area contributed by atoms with Gasteiger partial charge in [-0.1, -0.05) is 13.0 Å². The largest absolute Gasteiger partial charge is 0.261 e. The molecule has 3 heteroatoms. The molecule has 0 amide bonds. The van der Waals surface area contributed by atoms with Gasteiger partial charge in [-0.15, -0.1) is 0 Å². The zero-order valence-electron chi connectivity index (χ0n) is 7.07. The lowest BCUT2D eigenvalue weighted by Crippen LogP contribution is -2.27. The molecule has 0 unspecified atom stereocenters. The molecule has 0 saturated carbocycles. The van der Waals surface area contributed by atoms with E-state index in [1.807, 2.05) is 18.2 Å². The maximum atomic E-state index is 4.30. The van der Waals surface area contributed by atoms with Crippen LogP contribution in [0.2, 0.25) is 0 Å². The van der Waals surface area contributed by atoms with E-state index in [4.69, 9.17) is 0 Å². The Hall–Kier alpha value is -0.150. The molecule has 1 aromatic rings. The predicted molar refractivity (Wildman–Crippen MR) is 59.3 cm³/mol. The summed E-state index contributed by atoms with van der Waals surface area (Å²) in [4.78, 5) is 4.29. The van der Waals surface area contributed by atoms with Gasteiger partial charge in [-0.25, -0.2) is 0 Å². The number of hydrogen-bond donors (Lipinski definition) is 2. The third-order valence-electron chi connectivity index (χ3n) is 1.98. The van der Waals surface area contributed by atoms with Gasteiger partial charge in [-0.3, -0.25) is 4.98 Å². The van der Waals surface area contributed by atoms with Crippen molar-refractivity contribution in [2.24, 2.45) is 0 Å². The number of aromatic nitrogens is 1. The minimum Gasteiger partial charge on any atom is -0.261 e. The van der Waals surface area contributed by atoms with Gasteiger partial charge in [0.1, 0.15) is 0 Å². The first-order valence-electron chi connectivity index (χ1n) is 3.86. The number of rotatable bonds is 3. The average Bonchev–Trinajstić information content (AvgIpc) is 2.18. The van der Waals surface area contributed by atoms with Crippen molar-refractivity contribution in [2.45, 2.75) is 12.3 Å². The molecule has 1 heterocycles. The number of hydrogen-bond acceptors (Lipinski definition) is 3. The van der Waals surface area contributed by atoms with Crippen LogP contribution in [0.25, 0.3) is 0 Å². The van der Waals surface area contributed by atoms with Gasteiger partial charge in [0.05, 0.1) is 0 Å². The first kappa shape index (κ1) is 9.93. The van der Waals surface area contributed by atoms with E-state index in [9.17, 15) is 0 Å². The molecular weight excluding hydrogens is 186 g/mol. The Bertz CT molecular complexity index is 232. The molecule has 0 aliphatic carbocycles. The van der Waals surface area contributed by atoms with Gasteiger partial charge in [0.2, 0.25) is 0 Å². The Morgan fingerprint density at radius 3 is 2.42 bits per heavy atom. The fraction of sp³-hybridized carbons (Fsp3) is 0.444. The highest BCUT2D eigenvalue weighted by Gasteiger charge is 2.24. The van der Waals surface area contributed by atoms with Crippen molar-refractivity contribution in [3.05, 3.63) is 30.1 Å². The van der Waals surface area contributed by atoms with E-state index in [1.54, 1.807) is 6.20 Å². The maximum absolute atomic E-state index is 4.30. The summed E-state index contributed by atoms with van der Waals surface area (Å²) in [6.07, 6.45) is 1.81. The molecule has 1 aromatic heterocycles. The summed E-state index contributed by atoms with van der Waals surface area (Å²) in [5, 5.41) is 0. The topological polar surface area (TPSA) is 12.9 Å². The van der Waals surface area contributed by atoms with Gasteiger partial charge >= 0.3 is 0 Å². The molecule has 1 rings (SSSR count). The molecule has 1 nitrogen and oxygen atoms in total. The summed E-state index contributed by atoms with van der Waals surface area (Å²) < 4.78 is 0. The molecule has 0 atom stereocenters. The fourth-order valence-corrected chi connectivity index (χ4v) is 1.66. The number of pyridine rings is 1. The summed E-state index contributed by atoms with van der Waals surface area (Å²) in [6.45, 7) is 2.12. The zero-order chi connectivity index (χ0) is 9.03. The Labute approximate surface area is 84.4 Å². The third kappa shape index (κ3) is 1.96. The molecule has 0 saturated heterocycles. The molecule has 0 N–H and O–H groups in total. The van der Waals surface area contributed by atoms with Crippen molar-refractivity contribution in [1.82, 2.24) is 4.98 Å². The summed E-state index contributed by atoms with van der Waals surface area (Å²) in [5.74, 6) is 1.54. The highest BCUT2D eigenvalue weighted by molar-refractivity contribution is 7.81. The summed E-state index contributed by atoms with van der Waals surface area (Å²) >= 11 is 8.61. The molecule has 0 fully saturated rings. The monoisotopic (exact) mass is 199 g/mol. The Morgan fingerprint density at radius 2 is 2.00 bits per heavy atom. The van der Waals surface area contributed by atoms with Gasteiger partial charge in [0.15, 0.2) is 0 Å². The highest BCUT2D eigenvalue weighted by atomic mass is 32.1. The van der Waals surface area contributed by atoms with Gasteiger partial charge in [0, 0.05) is 28.8 Å². The van der Waals surface area contributed by atoms with Crippen molar-refractivity contribution in [3.63, 3.8) is 0 Å². The molecule has 0 aliphatic rings. The standard InChI is InChI=1S/C9H13NS2/c1-9(6-11,7-12)8-4-2-3-5-10-8/h2-5,11-12H,6-7H2,1H3. The zero-order valence-corrected chi connectivity index (χ0v) is 8.85. The Kier molecular flexibility index (Phi) is 3.47. The number of nitrogens with zero attached hydrogens (tertiary/aromatic N) is 1. The molecule has 12 heavy (non-hydrogen) atoms. The summed E-state index contributed by atoms with van der Waals surface area (Å²) in [5.41, 5.74) is 1.06. The van der Waals surface area contributed by atoms with E-state index in [0.29, 0.717) is 0 Å². The molecule has 0 radical (unpaired) electrons. The maximum Gasteiger partial charge on any atom is 0.0478 e. The van der Waals surface area contributed by atoms with E-state index in [-0.39, 0.29) is 5.41 Å². The first-order valence-corrected chi connectivity index (χ1v) is 5.12. The second-order valence-electron chi connectivity index (χ2n) is 3.09. The van der Waals surface area contributed by atoms with Crippen LogP contribution in [0, 0.1) is 0 Å². The van der Waals surface area contributed by atoms with Crippen LogP contribution in [-0.4, -0.2) is 16.5 Å². The molecule has 66 valence electrons. The van der Waals surface area contributed by atoms with E-state index in [2.05, 4.69) is 37.2 Å². The second kappa shape index (κ2) is 4.19.